The van der Waals surface area contributed by atoms with Gasteiger partial charge in [-0.3, -0.25) is 0 Å². The number of carboxylic acid groups (broad SMARTS) is 1. The standard InChI is InChI=1S/C15H20N2O2/c1-6-8-17(7-2)13-10-11(14(18)19)9-12(16-13)15(3,4)5/h1,9-10H,7-8H2,2-5H3,(H,18,19). The molecule has 1 aromatic heterocycles. The second kappa shape index (κ2) is 5.75. The van der Waals surface area contributed by atoms with Crippen molar-refractivity contribution in [3.05, 3.63) is 23.4 Å². The van der Waals surface area contributed by atoms with Gasteiger partial charge in [0.2, 0.25) is 0 Å². The summed E-state index contributed by atoms with van der Waals surface area (Å²) >= 11 is 0. The average Bonchev–Trinajstić information content (AvgIpc) is 2.34. The van der Waals surface area contributed by atoms with Crippen LogP contribution in [0.3, 0.4) is 0 Å². The van der Waals surface area contributed by atoms with Gasteiger partial charge in [-0.05, 0) is 19.1 Å². The van der Waals surface area contributed by atoms with E-state index in [9.17, 15) is 9.90 Å². The number of aromatic carboxylic acids is 1. The Morgan fingerprint density at radius 2 is 2.11 bits per heavy atom. The van der Waals surface area contributed by atoms with Crippen LogP contribution >= 0.6 is 0 Å². The average molecular weight is 260 g/mol. The highest BCUT2D eigenvalue weighted by Crippen LogP contribution is 2.24. The fourth-order valence-corrected chi connectivity index (χ4v) is 1.65. The zero-order valence-corrected chi connectivity index (χ0v) is 11.9. The largest absolute Gasteiger partial charge is 0.478 e. The Bertz CT molecular complexity index is 510. The Morgan fingerprint density at radius 1 is 1.47 bits per heavy atom. The number of pyridine rings is 1. The normalized spacial score (nSPS) is 10.9. The number of carboxylic acids is 1. The number of carbonyl (C=O) groups is 1. The molecule has 0 unspecified atom stereocenters. The molecule has 1 N–H and O–H groups in total. The predicted molar refractivity (Wildman–Crippen MR) is 76.6 cm³/mol. The number of hydrogen-bond donors (Lipinski definition) is 1. The first-order valence-electron chi connectivity index (χ1n) is 6.24. The van der Waals surface area contributed by atoms with Crippen molar-refractivity contribution in [2.75, 3.05) is 18.0 Å². The van der Waals surface area contributed by atoms with Crippen LogP contribution in [0.1, 0.15) is 43.7 Å². The van der Waals surface area contributed by atoms with Crippen LogP contribution in [0, 0.1) is 12.3 Å². The molecule has 4 nitrogen and oxygen atoms in total. The molecule has 1 heterocycles. The number of hydrogen-bond acceptors (Lipinski definition) is 3. The van der Waals surface area contributed by atoms with E-state index in [1.54, 1.807) is 12.1 Å². The lowest BCUT2D eigenvalue weighted by atomic mass is 9.90. The minimum atomic E-state index is -0.953. The number of aromatic nitrogens is 1. The molecule has 0 aliphatic heterocycles. The molecule has 0 saturated carbocycles. The van der Waals surface area contributed by atoms with E-state index in [0.717, 1.165) is 5.69 Å². The summed E-state index contributed by atoms with van der Waals surface area (Å²) in [6, 6.07) is 3.19. The Hall–Kier alpha value is -2.02. The Morgan fingerprint density at radius 3 is 2.53 bits per heavy atom. The Labute approximate surface area is 114 Å². The fraction of sp³-hybridized carbons (Fsp3) is 0.467. The molecule has 19 heavy (non-hydrogen) atoms. The van der Waals surface area contributed by atoms with Crippen LogP contribution in [0.4, 0.5) is 5.82 Å². The molecule has 0 aromatic carbocycles. The monoisotopic (exact) mass is 260 g/mol. The van der Waals surface area contributed by atoms with Crippen LogP contribution in [-0.4, -0.2) is 29.1 Å². The van der Waals surface area contributed by atoms with Gasteiger partial charge < -0.3 is 10.0 Å². The van der Waals surface area contributed by atoms with Gasteiger partial charge in [-0.1, -0.05) is 26.7 Å². The van der Waals surface area contributed by atoms with Crippen LogP contribution in [0.5, 0.6) is 0 Å². The van der Waals surface area contributed by atoms with E-state index in [1.807, 2.05) is 32.6 Å². The summed E-state index contributed by atoms with van der Waals surface area (Å²) < 4.78 is 0. The van der Waals surface area contributed by atoms with E-state index in [1.165, 1.54) is 0 Å². The maximum Gasteiger partial charge on any atom is 0.335 e. The minimum Gasteiger partial charge on any atom is -0.478 e. The summed E-state index contributed by atoms with van der Waals surface area (Å²) in [6.45, 7) is 9.07. The maximum atomic E-state index is 11.2. The fourth-order valence-electron chi connectivity index (χ4n) is 1.65. The van der Waals surface area contributed by atoms with E-state index in [2.05, 4.69) is 10.9 Å². The third-order valence-corrected chi connectivity index (χ3v) is 2.82. The second-order valence-electron chi connectivity index (χ2n) is 5.37. The molecule has 4 heteroatoms. The second-order valence-corrected chi connectivity index (χ2v) is 5.37. The van der Waals surface area contributed by atoms with E-state index >= 15 is 0 Å². The van der Waals surface area contributed by atoms with Crippen molar-refractivity contribution in [3.8, 4) is 12.3 Å². The van der Waals surface area contributed by atoms with E-state index in [-0.39, 0.29) is 11.0 Å². The molecule has 0 aliphatic carbocycles. The Balaban J connectivity index is 3.36. The van der Waals surface area contributed by atoms with Crippen molar-refractivity contribution in [1.82, 2.24) is 4.98 Å². The van der Waals surface area contributed by atoms with E-state index in [4.69, 9.17) is 6.42 Å². The maximum absolute atomic E-state index is 11.2. The molecule has 0 bridgehead atoms. The van der Waals surface area contributed by atoms with Crippen molar-refractivity contribution < 1.29 is 9.90 Å². The van der Waals surface area contributed by atoms with E-state index in [0.29, 0.717) is 18.9 Å². The zero-order valence-electron chi connectivity index (χ0n) is 11.9. The molecular formula is C15H20N2O2. The molecule has 1 aromatic rings. The van der Waals surface area contributed by atoms with Gasteiger partial charge in [0, 0.05) is 17.7 Å². The van der Waals surface area contributed by atoms with Crippen LogP contribution in [0.15, 0.2) is 12.1 Å². The van der Waals surface area contributed by atoms with Crippen molar-refractivity contribution in [2.24, 2.45) is 0 Å². The minimum absolute atomic E-state index is 0.213. The highest BCUT2D eigenvalue weighted by molar-refractivity contribution is 5.88. The van der Waals surface area contributed by atoms with E-state index < -0.39 is 5.97 Å². The summed E-state index contributed by atoms with van der Waals surface area (Å²) in [5, 5.41) is 9.20. The molecule has 0 amide bonds. The Kier molecular flexibility index (Phi) is 4.55. The number of terminal acetylenes is 1. The lowest BCUT2D eigenvalue weighted by Gasteiger charge is -2.24. The molecule has 0 atom stereocenters. The summed E-state index contributed by atoms with van der Waals surface area (Å²) in [6.07, 6.45) is 5.33. The summed E-state index contributed by atoms with van der Waals surface area (Å²) in [4.78, 5) is 17.6. The van der Waals surface area contributed by atoms with Crippen LogP contribution in [0.25, 0.3) is 0 Å². The zero-order chi connectivity index (χ0) is 14.6. The highest BCUT2D eigenvalue weighted by Gasteiger charge is 2.20. The molecule has 0 saturated heterocycles. The van der Waals surface area contributed by atoms with Gasteiger partial charge in [-0.15, -0.1) is 6.42 Å². The van der Waals surface area contributed by atoms with Crippen molar-refractivity contribution in [1.29, 1.82) is 0 Å². The third kappa shape index (κ3) is 3.72. The van der Waals surface area contributed by atoms with Crippen LogP contribution < -0.4 is 4.90 Å². The van der Waals surface area contributed by atoms with Gasteiger partial charge in [-0.2, -0.15) is 0 Å². The molecular weight excluding hydrogens is 240 g/mol. The summed E-state index contributed by atoms with van der Waals surface area (Å²) in [5.74, 6) is 2.23. The molecule has 102 valence electrons. The highest BCUT2D eigenvalue weighted by atomic mass is 16.4. The molecule has 0 spiro atoms. The molecule has 1 rings (SSSR count). The van der Waals surface area contributed by atoms with Crippen LogP contribution in [0.2, 0.25) is 0 Å². The van der Waals surface area contributed by atoms with Gasteiger partial charge in [0.15, 0.2) is 0 Å². The number of nitrogens with zero attached hydrogens (tertiary/aromatic N) is 2. The van der Waals surface area contributed by atoms with Crippen molar-refractivity contribution >= 4 is 11.8 Å². The topological polar surface area (TPSA) is 53.4 Å². The first-order chi connectivity index (χ1) is 8.79. The third-order valence-electron chi connectivity index (χ3n) is 2.82. The predicted octanol–water partition coefficient (Wildman–Crippen LogP) is 2.54. The summed E-state index contributed by atoms with van der Waals surface area (Å²) in [5.41, 5.74) is 0.777. The van der Waals surface area contributed by atoms with Gasteiger partial charge in [-0.25, -0.2) is 9.78 Å². The van der Waals surface area contributed by atoms with Crippen LogP contribution in [-0.2, 0) is 5.41 Å². The molecule has 0 radical (unpaired) electrons. The quantitative estimate of drug-likeness (QED) is 0.845. The lowest BCUT2D eigenvalue weighted by Crippen LogP contribution is -2.26. The van der Waals surface area contributed by atoms with Crippen molar-refractivity contribution in [2.45, 2.75) is 33.1 Å². The SMILES string of the molecule is C#CCN(CC)c1cc(C(=O)O)cc(C(C)(C)C)n1. The lowest BCUT2D eigenvalue weighted by molar-refractivity contribution is 0.0696. The van der Waals surface area contributed by atoms with Gasteiger partial charge in [0.05, 0.1) is 12.1 Å². The number of rotatable bonds is 4. The summed E-state index contributed by atoms with van der Waals surface area (Å²) in [7, 11) is 0. The first-order valence-corrected chi connectivity index (χ1v) is 6.24. The van der Waals surface area contributed by atoms with Gasteiger partial charge >= 0.3 is 5.97 Å². The first kappa shape index (κ1) is 15.0. The number of anilines is 1. The molecule has 0 aliphatic rings. The van der Waals surface area contributed by atoms with Crippen molar-refractivity contribution in [3.63, 3.8) is 0 Å². The smallest absolute Gasteiger partial charge is 0.335 e. The molecule has 0 fully saturated rings. The van der Waals surface area contributed by atoms with Gasteiger partial charge in [0.1, 0.15) is 5.82 Å². The van der Waals surface area contributed by atoms with Gasteiger partial charge in [0.25, 0.3) is 0 Å².